The lowest BCUT2D eigenvalue weighted by Gasteiger charge is -2.31. The molecule has 82 heavy (non-hydrogen) atoms. The van der Waals surface area contributed by atoms with Gasteiger partial charge >= 0.3 is 17.9 Å². The Morgan fingerprint density at radius 2 is 1.13 bits per heavy atom. The van der Waals surface area contributed by atoms with E-state index >= 15 is 0 Å². The SMILES string of the molecule is C.C.C.C.CC(C)S(=O)(=O)c1nc2ccccc2s1.CCOC(=O)CCCCNC.[B]CC(=O)N(CCNC)CC(=O)O.[B]CC(=O)N(CCNC)CC(=O)OCC.[B]CC(=O)N1CCN(C)C(=O)C1.[B]CC(=O)O.[B]CC(=O)OCC. The highest BCUT2D eigenvalue weighted by Crippen LogP contribution is 2.27. The van der Waals surface area contributed by atoms with E-state index in [0.717, 1.165) is 29.6 Å². The Kier molecular flexibility index (Phi) is 66.5. The predicted octanol–water partition coefficient (Wildman–Crippen LogP) is 2.52. The minimum absolute atomic E-state index is 0. The molecule has 1 saturated heterocycles. The molecular formula is C51H95B5N8O16S2. The molecule has 1 fully saturated rings. The molecule has 0 aliphatic carbocycles. The topological polar surface area (TPSA) is 318 Å². The van der Waals surface area contributed by atoms with Gasteiger partial charge in [0.1, 0.15) is 13.1 Å². The maximum absolute atomic E-state index is 11.8. The minimum Gasteiger partial charge on any atom is -0.482 e. The molecule has 24 nitrogen and oxygen atoms in total. The van der Waals surface area contributed by atoms with Crippen LogP contribution in [0.5, 0.6) is 0 Å². The normalized spacial score (nSPS) is 10.7. The van der Waals surface area contributed by atoms with Crippen molar-refractivity contribution in [2.45, 2.75) is 125 Å². The molecule has 0 spiro atoms. The van der Waals surface area contributed by atoms with Gasteiger partial charge in [0, 0.05) is 65.4 Å². The summed E-state index contributed by atoms with van der Waals surface area (Å²) >= 11 is 1.23. The van der Waals surface area contributed by atoms with Crippen molar-refractivity contribution in [1.82, 2.24) is 40.5 Å². The highest BCUT2D eigenvalue weighted by Gasteiger charge is 2.24. The van der Waals surface area contributed by atoms with Gasteiger partial charge < -0.3 is 60.0 Å². The monoisotopic (exact) mass is 1190 g/mol. The third kappa shape index (κ3) is 48.1. The van der Waals surface area contributed by atoms with Crippen molar-refractivity contribution in [3.05, 3.63) is 24.3 Å². The van der Waals surface area contributed by atoms with Crippen LogP contribution in [0.2, 0.25) is 31.6 Å². The smallest absolute Gasteiger partial charge is 0.325 e. The largest absolute Gasteiger partial charge is 0.482 e. The van der Waals surface area contributed by atoms with Gasteiger partial charge in [-0.1, -0.05) is 41.8 Å². The number of sulfone groups is 1. The molecule has 0 atom stereocenters. The molecule has 0 saturated carbocycles. The number of carboxylic acids is 2. The van der Waals surface area contributed by atoms with E-state index in [9.17, 15) is 51.6 Å². The molecule has 2 heterocycles. The van der Waals surface area contributed by atoms with E-state index < -0.39 is 33.0 Å². The molecule has 1 aromatic carbocycles. The number of aliphatic carboxylic acids is 2. The molecular weight excluding hydrogens is 1100 g/mol. The molecule has 3 rings (SSSR count). The summed E-state index contributed by atoms with van der Waals surface area (Å²) in [5.41, 5.74) is 0.752. The summed E-state index contributed by atoms with van der Waals surface area (Å²) in [7, 11) is 28.9. The summed E-state index contributed by atoms with van der Waals surface area (Å²) < 4.78 is 38.8. The molecule has 2 aromatic rings. The first-order chi connectivity index (χ1) is 36.8. The number of aromatic nitrogens is 1. The third-order valence-corrected chi connectivity index (χ3v) is 13.0. The number of para-hydroxylation sites is 1. The number of nitrogens with one attached hydrogen (secondary N) is 3. The number of benzene rings is 1. The second-order valence-electron chi connectivity index (χ2n) is 15.8. The second-order valence-corrected chi connectivity index (χ2v) is 19.5. The standard InChI is InChI=1S/C10H11NO2S2.C9H17BN2O3.C8H17NO2.C7H13BN2O3.C7H11BN2O2.C4H7BO2.C2H3BO2.4CH4/c1-7(2)15(12,13)10-11-8-5-3-4-6-9(8)14-10;1-3-15-9(14)7-12(5-4-11-2)8(13)6-10;1-3-11-8(10)6-4-5-7-9-2;1-9-2-3-10(5-7(12)13)6(11)4-8;1-9-2-3-10(5-7(9)12)6(11)4-8;1-2-7-4(6)3-5;3-1-2(4)5;;;;/h3-7H,1-2H3;11H,3-7H2,1-2H3;9H,3-7H2,1-2H3;9H,2-5H2,1H3,(H,12,13);2-5H2,1H3;2-3H2,1H3;1H2,(H,4,5);4*1H4. The number of carbonyl (C=O) groups is 9. The van der Waals surface area contributed by atoms with Crippen LogP contribution in [0.1, 0.15) is 83.6 Å². The lowest BCUT2D eigenvalue weighted by Crippen LogP contribution is -2.50. The summed E-state index contributed by atoms with van der Waals surface area (Å²) in [6.07, 6.45) is 1.94. The Labute approximate surface area is 501 Å². The first kappa shape index (κ1) is 92.9. The van der Waals surface area contributed by atoms with E-state index in [2.05, 4.69) is 33.5 Å². The van der Waals surface area contributed by atoms with Crippen molar-refractivity contribution in [2.75, 3.05) is 113 Å². The fraction of sp³-hybridized carbons (Fsp3) is 0.686. The van der Waals surface area contributed by atoms with Crippen LogP contribution in [0.15, 0.2) is 28.6 Å². The van der Waals surface area contributed by atoms with Crippen molar-refractivity contribution >= 4 is 124 Å². The number of carbonyl (C=O) groups excluding carboxylic acids is 7. The van der Waals surface area contributed by atoms with Crippen LogP contribution in [0, 0.1) is 0 Å². The lowest BCUT2D eigenvalue weighted by atomic mass is 10.0. The first-order valence-corrected chi connectivity index (χ1v) is 27.2. The number of esters is 3. The Hall–Kier alpha value is -5.51. The molecule has 1 aromatic heterocycles. The van der Waals surface area contributed by atoms with E-state index in [4.69, 9.17) is 51.1 Å². The van der Waals surface area contributed by atoms with Gasteiger partial charge in [-0.3, -0.25) is 43.2 Å². The average molecular weight is 1190 g/mol. The zero-order valence-electron chi connectivity index (χ0n) is 46.8. The van der Waals surface area contributed by atoms with Gasteiger partial charge in [-0.2, -0.15) is 0 Å². The number of hydrogen-bond acceptors (Lipinski definition) is 19. The van der Waals surface area contributed by atoms with Crippen LogP contribution >= 0.6 is 11.3 Å². The third-order valence-electron chi connectivity index (χ3n) is 9.40. The highest BCUT2D eigenvalue weighted by atomic mass is 32.2. The summed E-state index contributed by atoms with van der Waals surface area (Å²) in [4.78, 5) is 106. The number of piperazine rings is 1. The predicted molar refractivity (Wildman–Crippen MR) is 330 cm³/mol. The number of carboxylic acid groups (broad SMARTS) is 2. The van der Waals surface area contributed by atoms with E-state index in [0.29, 0.717) is 65.5 Å². The van der Waals surface area contributed by atoms with Crippen LogP contribution in [0.3, 0.4) is 0 Å². The van der Waals surface area contributed by atoms with Crippen LogP contribution in [-0.4, -0.2) is 255 Å². The van der Waals surface area contributed by atoms with E-state index in [1.54, 1.807) is 53.7 Å². The van der Waals surface area contributed by atoms with Gasteiger partial charge in [0.05, 0.1) is 81.1 Å². The molecule has 1 aliphatic heterocycles. The quantitative estimate of drug-likeness (QED) is 0.0413. The fourth-order valence-electron chi connectivity index (χ4n) is 5.16. The Morgan fingerprint density at radius 1 is 0.671 bits per heavy atom. The van der Waals surface area contributed by atoms with Crippen molar-refractivity contribution < 1.29 is 76.0 Å². The lowest BCUT2D eigenvalue weighted by molar-refractivity contribution is -0.148. The Morgan fingerprint density at radius 3 is 1.51 bits per heavy atom. The second kappa shape index (κ2) is 58.7. The van der Waals surface area contributed by atoms with Gasteiger partial charge in [0.2, 0.25) is 37.8 Å². The number of amides is 4. The average Bonchev–Trinajstić information content (AvgIpc) is 3.87. The summed E-state index contributed by atoms with van der Waals surface area (Å²) in [6.45, 7) is 13.8. The molecule has 31 heteroatoms. The van der Waals surface area contributed by atoms with Gasteiger partial charge in [-0.15, -0.1) is 11.3 Å². The molecule has 4 amide bonds. The summed E-state index contributed by atoms with van der Waals surface area (Å²) in [5, 5.41) is 24.4. The minimum atomic E-state index is -3.23. The molecule has 10 radical (unpaired) electrons. The Bertz CT molecular complexity index is 2120. The fourth-order valence-corrected chi connectivity index (χ4v) is 7.80. The van der Waals surface area contributed by atoms with Gasteiger partial charge in [0.15, 0.2) is 0 Å². The van der Waals surface area contributed by atoms with Crippen LogP contribution in [0.4, 0.5) is 0 Å². The number of hydrogen-bond donors (Lipinski definition) is 5. The zero-order valence-corrected chi connectivity index (χ0v) is 48.4. The van der Waals surface area contributed by atoms with Crippen LogP contribution < -0.4 is 16.0 Å². The maximum Gasteiger partial charge on any atom is 0.325 e. The van der Waals surface area contributed by atoms with Crippen molar-refractivity contribution in [1.29, 1.82) is 0 Å². The number of likely N-dealkylation sites (N-methyl/N-ethyl adjacent to an activating group) is 3. The van der Waals surface area contributed by atoms with Gasteiger partial charge in [-0.05, 0) is 106 Å². The van der Waals surface area contributed by atoms with Gasteiger partial charge in [-0.25, -0.2) is 13.4 Å². The number of rotatable bonds is 25. The van der Waals surface area contributed by atoms with E-state index in [1.165, 1.54) is 26.0 Å². The molecule has 1 aliphatic rings. The highest BCUT2D eigenvalue weighted by molar-refractivity contribution is 7.94. The molecule has 462 valence electrons. The summed E-state index contributed by atoms with van der Waals surface area (Å²) in [5.74, 6) is -3.61. The number of thiazole rings is 1. The number of unbranched alkanes of at least 4 members (excludes halogenated alkanes) is 1. The van der Waals surface area contributed by atoms with Gasteiger partial charge in [0.25, 0.3) is 11.9 Å². The van der Waals surface area contributed by atoms with Crippen LogP contribution in [-0.2, 0) is 67.2 Å². The molecule has 0 bridgehead atoms. The maximum atomic E-state index is 11.8. The van der Waals surface area contributed by atoms with Crippen molar-refractivity contribution in [2.24, 2.45) is 0 Å². The molecule has 0 unspecified atom stereocenters. The molecule has 5 N–H and O–H groups in total. The van der Waals surface area contributed by atoms with Crippen molar-refractivity contribution in [3.63, 3.8) is 0 Å². The van der Waals surface area contributed by atoms with E-state index in [1.807, 2.05) is 38.2 Å². The Balaban J connectivity index is -0.000000131. The van der Waals surface area contributed by atoms with Crippen LogP contribution in [0.25, 0.3) is 10.2 Å². The number of nitrogens with zero attached hydrogens (tertiary/aromatic N) is 5. The number of fused-ring (bicyclic) bond motifs is 1. The van der Waals surface area contributed by atoms with Crippen molar-refractivity contribution in [3.8, 4) is 0 Å². The number of ether oxygens (including phenoxy) is 3. The first-order valence-electron chi connectivity index (χ1n) is 24.8. The summed E-state index contributed by atoms with van der Waals surface area (Å²) in [6, 6.07) is 7.44. The van der Waals surface area contributed by atoms with E-state index in [-0.39, 0.29) is 121 Å². The zero-order chi connectivity index (χ0) is 60.6.